The van der Waals surface area contributed by atoms with Gasteiger partial charge in [-0.25, -0.2) is 17.5 Å². The lowest BCUT2D eigenvalue weighted by atomic mass is 10.1. The van der Waals surface area contributed by atoms with Crippen LogP contribution in [0.15, 0.2) is 41.6 Å². The van der Waals surface area contributed by atoms with E-state index in [4.69, 9.17) is 10.5 Å². The number of rotatable bonds is 7. The minimum Gasteiger partial charge on any atom is -0.378 e. The van der Waals surface area contributed by atoms with Crippen LogP contribution in [0.2, 0.25) is 0 Å². The van der Waals surface area contributed by atoms with E-state index in [2.05, 4.69) is 5.10 Å². The van der Waals surface area contributed by atoms with E-state index in [0.717, 1.165) is 6.42 Å². The molecule has 150 valence electrons. The summed E-state index contributed by atoms with van der Waals surface area (Å²) < 4.78 is 47.9. The number of nitrogens with two attached hydrogens (primary N) is 1. The highest BCUT2D eigenvalue weighted by molar-refractivity contribution is 7.89. The normalized spacial score (nSPS) is 16.2. The zero-order valence-corrected chi connectivity index (χ0v) is 16.5. The van der Waals surface area contributed by atoms with Crippen molar-refractivity contribution in [1.29, 1.82) is 0 Å². The Morgan fingerprint density at radius 1 is 1.26 bits per heavy atom. The van der Waals surface area contributed by atoms with Crippen molar-refractivity contribution >= 4 is 22.4 Å². The maximum absolute atomic E-state index is 13.9. The van der Waals surface area contributed by atoms with Gasteiger partial charge in [0.05, 0.1) is 18.5 Å². The molecule has 3 rings (SSSR count). The maximum atomic E-state index is 13.9. The van der Waals surface area contributed by atoms with Crippen LogP contribution in [-0.4, -0.2) is 54.8 Å². The second-order valence-corrected chi connectivity index (χ2v) is 8.13. The third-order valence-corrected chi connectivity index (χ3v) is 6.25. The first-order valence-corrected chi connectivity index (χ1v) is 10.1. The van der Waals surface area contributed by atoms with E-state index in [-0.39, 0.29) is 29.1 Å². The molecule has 1 aromatic heterocycles. The Bertz CT molecular complexity index is 838. The van der Waals surface area contributed by atoms with Crippen LogP contribution in [0.3, 0.4) is 0 Å². The summed E-state index contributed by atoms with van der Waals surface area (Å²) in [5, 5.41) is 4.01. The summed E-state index contributed by atoms with van der Waals surface area (Å²) in [6.45, 7) is 1.96. The Morgan fingerprint density at radius 2 is 1.96 bits per heavy atom. The number of para-hydroxylation sites is 1. The van der Waals surface area contributed by atoms with Gasteiger partial charge in [-0.1, -0.05) is 12.1 Å². The van der Waals surface area contributed by atoms with Crippen LogP contribution >= 0.6 is 12.4 Å². The summed E-state index contributed by atoms with van der Waals surface area (Å²) in [6.07, 6.45) is 4.75. The maximum Gasteiger partial charge on any atom is 0.246 e. The van der Waals surface area contributed by atoms with Gasteiger partial charge in [-0.3, -0.25) is 0 Å². The van der Waals surface area contributed by atoms with Crippen molar-refractivity contribution in [2.45, 2.75) is 30.3 Å². The number of sulfonamides is 1. The number of hydrogen-bond acceptors (Lipinski definition) is 5. The zero-order chi connectivity index (χ0) is 18.6. The van der Waals surface area contributed by atoms with Gasteiger partial charge in [0.2, 0.25) is 10.0 Å². The molecule has 27 heavy (non-hydrogen) atoms. The Morgan fingerprint density at radius 3 is 2.63 bits per heavy atom. The van der Waals surface area contributed by atoms with Crippen LogP contribution in [0, 0.1) is 5.82 Å². The third-order valence-electron chi connectivity index (χ3n) is 4.40. The predicted octanol–water partition coefficient (Wildman–Crippen LogP) is 1.95. The summed E-state index contributed by atoms with van der Waals surface area (Å²) in [5.41, 5.74) is 5.65. The second kappa shape index (κ2) is 9.61. The molecule has 0 bridgehead atoms. The van der Waals surface area contributed by atoms with Crippen molar-refractivity contribution in [2.75, 3.05) is 26.2 Å². The fraction of sp³-hybridized carbons (Fsp3) is 0.471. The molecule has 0 amide bonds. The van der Waals surface area contributed by atoms with E-state index < -0.39 is 15.8 Å². The van der Waals surface area contributed by atoms with E-state index in [1.165, 1.54) is 27.4 Å². The number of halogens is 2. The molecule has 1 saturated heterocycles. The van der Waals surface area contributed by atoms with Gasteiger partial charge in [0.1, 0.15) is 16.4 Å². The summed E-state index contributed by atoms with van der Waals surface area (Å²) in [4.78, 5) is 0.0586. The molecule has 1 aliphatic heterocycles. The van der Waals surface area contributed by atoms with Gasteiger partial charge < -0.3 is 10.5 Å². The van der Waals surface area contributed by atoms with Gasteiger partial charge in [0.25, 0.3) is 0 Å². The van der Waals surface area contributed by atoms with Crippen molar-refractivity contribution in [3.63, 3.8) is 0 Å². The molecule has 1 aromatic carbocycles. The zero-order valence-electron chi connectivity index (χ0n) is 14.8. The monoisotopic (exact) mass is 418 g/mol. The van der Waals surface area contributed by atoms with Crippen LogP contribution in [0.4, 0.5) is 4.39 Å². The molecule has 0 saturated carbocycles. The molecule has 0 radical (unpaired) electrons. The number of nitrogens with zero attached hydrogens (tertiary/aromatic N) is 3. The fourth-order valence-electron chi connectivity index (χ4n) is 2.93. The quantitative estimate of drug-likeness (QED) is 0.694. The van der Waals surface area contributed by atoms with Crippen molar-refractivity contribution in [2.24, 2.45) is 5.73 Å². The van der Waals surface area contributed by atoms with E-state index >= 15 is 0 Å². The first kappa shape index (κ1) is 21.8. The van der Waals surface area contributed by atoms with Gasteiger partial charge in [-0.05, 0) is 37.9 Å². The van der Waals surface area contributed by atoms with E-state index in [1.54, 1.807) is 18.2 Å². The molecule has 10 heteroatoms. The van der Waals surface area contributed by atoms with Gasteiger partial charge in [-0.15, -0.1) is 12.4 Å². The average molecular weight is 419 g/mol. The lowest BCUT2D eigenvalue weighted by Crippen LogP contribution is -2.40. The van der Waals surface area contributed by atoms with Crippen molar-refractivity contribution < 1.29 is 17.5 Å². The predicted molar refractivity (Wildman–Crippen MR) is 102 cm³/mol. The standard InChI is InChI=1S/C17H23FN4O3S.ClH/c18-16-4-1-2-5-17(16)22-13-15(12-20-22)26(23,24)21-9-6-14(7-10-21)25-11-3-8-19;/h1-2,4-5,12-14H,3,6-11,19H2;1H. The summed E-state index contributed by atoms with van der Waals surface area (Å²) in [6, 6.07) is 6.09. The van der Waals surface area contributed by atoms with Gasteiger partial charge in [0, 0.05) is 19.7 Å². The second-order valence-electron chi connectivity index (χ2n) is 6.19. The number of aromatic nitrogens is 2. The van der Waals surface area contributed by atoms with Crippen LogP contribution < -0.4 is 5.73 Å². The first-order valence-electron chi connectivity index (χ1n) is 8.64. The molecular formula is C17H24ClFN4O3S. The summed E-state index contributed by atoms with van der Waals surface area (Å²) >= 11 is 0. The average Bonchev–Trinajstić information content (AvgIpc) is 3.13. The molecule has 1 fully saturated rings. The number of ether oxygens (including phenoxy) is 1. The molecule has 0 atom stereocenters. The topological polar surface area (TPSA) is 90.4 Å². The smallest absolute Gasteiger partial charge is 0.246 e. The third kappa shape index (κ3) is 5.05. The van der Waals surface area contributed by atoms with Gasteiger partial charge >= 0.3 is 0 Å². The molecule has 0 unspecified atom stereocenters. The Labute approximate surface area is 164 Å². The van der Waals surface area contributed by atoms with Crippen molar-refractivity contribution in [3.05, 3.63) is 42.5 Å². The van der Waals surface area contributed by atoms with E-state index in [1.807, 2.05) is 0 Å². The Kier molecular flexibility index (Phi) is 7.75. The number of hydrogen-bond donors (Lipinski definition) is 1. The van der Waals surface area contributed by atoms with Crippen LogP contribution in [0.25, 0.3) is 5.69 Å². The van der Waals surface area contributed by atoms with Crippen molar-refractivity contribution in [1.82, 2.24) is 14.1 Å². The minimum absolute atomic E-state index is 0. The lowest BCUT2D eigenvalue weighted by Gasteiger charge is -2.30. The minimum atomic E-state index is -3.66. The largest absolute Gasteiger partial charge is 0.378 e. The SMILES string of the molecule is Cl.NCCCOC1CCN(S(=O)(=O)c2cnn(-c3ccccc3F)c2)CC1. The molecule has 0 aliphatic carbocycles. The first-order chi connectivity index (χ1) is 12.5. The molecule has 0 spiro atoms. The molecular weight excluding hydrogens is 395 g/mol. The van der Waals surface area contributed by atoms with Gasteiger partial charge in [0.15, 0.2) is 0 Å². The Balaban J connectivity index is 0.00000261. The van der Waals surface area contributed by atoms with E-state index in [0.29, 0.717) is 39.1 Å². The highest BCUT2D eigenvalue weighted by atomic mass is 35.5. The lowest BCUT2D eigenvalue weighted by molar-refractivity contribution is 0.0209. The van der Waals surface area contributed by atoms with Crippen LogP contribution in [0.5, 0.6) is 0 Å². The summed E-state index contributed by atoms with van der Waals surface area (Å²) in [7, 11) is -3.66. The Hall–Kier alpha value is -1.52. The molecule has 2 N–H and O–H groups in total. The summed E-state index contributed by atoms with van der Waals surface area (Å²) in [5.74, 6) is -0.463. The molecule has 1 aliphatic rings. The highest BCUT2D eigenvalue weighted by Crippen LogP contribution is 2.23. The molecule has 2 heterocycles. The molecule has 2 aromatic rings. The van der Waals surface area contributed by atoms with Gasteiger partial charge in [-0.2, -0.15) is 9.40 Å². The number of piperidine rings is 1. The van der Waals surface area contributed by atoms with Crippen LogP contribution in [-0.2, 0) is 14.8 Å². The van der Waals surface area contributed by atoms with Crippen molar-refractivity contribution in [3.8, 4) is 5.69 Å². The van der Waals surface area contributed by atoms with E-state index in [9.17, 15) is 12.8 Å². The number of benzene rings is 1. The highest BCUT2D eigenvalue weighted by Gasteiger charge is 2.30. The molecule has 7 nitrogen and oxygen atoms in total. The fourth-order valence-corrected chi connectivity index (χ4v) is 4.33. The van der Waals surface area contributed by atoms with Crippen LogP contribution in [0.1, 0.15) is 19.3 Å².